The van der Waals surface area contributed by atoms with Crippen LogP contribution in [-0.2, 0) is 4.74 Å². The molecular formula is C8H13NO4. The van der Waals surface area contributed by atoms with E-state index in [4.69, 9.17) is 14.9 Å². The van der Waals surface area contributed by atoms with Gasteiger partial charge in [0, 0.05) is 13.0 Å². The second-order valence-electron chi connectivity index (χ2n) is 3.73. The number of hydrogen-bond donors (Lipinski definition) is 2. The van der Waals surface area contributed by atoms with Crippen LogP contribution in [0.15, 0.2) is 0 Å². The van der Waals surface area contributed by atoms with E-state index in [1.165, 1.54) is 4.90 Å². The molecule has 5 heteroatoms. The van der Waals surface area contributed by atoms with Crippen LogP contribution in [0.2, 0.25) is 0 Å². The zero-order valence-corrected chi connectivity index (χ0v) is 7.27. The van der Waals surface area contributed by atoms with Gasteiger partial charge in [-0.05, 0) is 6.42 Å². The lowest BCUT2D eigenvalue weighted by Gasteiger charge is -2.35. The fourth-order valence-electron chi connectivity index (χ4n) is 2.32. The Labute approximate surface area is 75.9 Å². The highest BCUT2D eigenvalue weighted by molar-refractivity contribution is 5.67. The van der Waals surface area contributed by atoms with Crippen molar-refractivity contribution in [1.29, 1.82) is 0 Å². The minimum Gasteiger partial charge on any atom is -0.465 e. The summed E-state index contributed by atoms with van der Waals surface area (Å²) in [5.41, 5.74) is -0.439. The molecule has 74 valence electrons. The molecule has 2 atom stereocenters. The standard InChI is InChI=1S/C8H13NO4/c10-2-1-8-3-6(13-5-8)4-9(8)7(11)12/h6,10H,1-5H2,(H,11,12)/t6-,8-/m1/s1. The Balaban J connectivity index is 2.17. The number of carboxylic acid groups (broad SMARTS) is 1. The highest BCUT2D eigenvalue weighted by atomic mass is 16.5. The van der Waals surface area contributed by atoms with Gasteiger partial charge in [-0.25, -0.2) is 4.79 Å². The van der Waals surface area contributed by atoms with Crippen molar-refractivity contribution in [3.05, 3.63) is 0 Å². The molecule has 0 aromatic heterocycles. The Morgan fingerprint density at radius 2 is 2.46 bits per heavy atom. The topological polar surface area (TPSA) is 70.0 Å². The van der Waals surface area contributed by atoms with Crippen LogP contribution in [0.25, 0.3) is 0 Å². The van der Waals surface area contributed by atoms with Crippen molar-refractivity contribution in [3.63, 3.8) is 0 Å². The van der Waals surface area contributed by atoms with Gasteiger partial charge in [0.15, 0.2) is 0 Å². The lowest BCUT2D eigenvalue weighted by molar-refractivity contribution is -0.00969. The molecule has 5 nitrogen and oxygen atoms in total. The van der Waals surface area contributed by atoms with E-state index in [-0.39, 0.29) is 12.7 Å². The number of ether oxygens (including phenoxy) is 1. The van der Waals surface area contributed by atoms with E-state index in [1.807, 2.05) is 0 Å². The smallest absolute Gasteiger partial charge is 0.407 e. The van der Waals surface area contributed by atoms with E-state index in [9.17, 15) is 4.79 Å². The monoisotopic (exact) mass is 187 g/mol. The molecule has 2 aliphatic rings. The number of rotatable bonds is 2. The van der Waals surface area contributed by atoms with E-state index < -0.39 is 11.6 Å². The average molecular weight is 187 g/mol. The summed E-state index contributed by atoms with van der Waals surface area (Å²) in [4.78, 5) is 12.3. The highest BCUT2D eigenvalue weighted by Gasteiger charge is 2.53. The van der Waals surface area contributed by atoms with Crippen LogP contribution in [0.5, 0.6) is 0 Å². The SMILES string of the molecule is O=C(O)N1C[C@H]2C[C@]1(CCO)CO2. The molecule has 0 aromatic carbocycles. The minimum atomic E-state index is -0.903. The highest BCUT2D eigenvalue weighted by Crippen LogP contribution is 2.40. The first-order valence-corrected chi connectivity index (χ1v) is 4.41. The number of aliphatic hydroxyl groups excluding tert-OH is 1. The molecule has 13 heavy (non-hydrogen) atoms. The zero-order valence-electron chi connectivity index (χ0n) is 7.27. The summed E-state index contributed by atoms with van der Waals surface area (Å²) in [5, 5.41) is 17.8. The van der Waals surface area contributed by atoms with Crippen molar-refractivity contribution in [1.82, 2.24) is 4.90 Å². The normalized spacial score (nSPS) is 37.0. The molecule has 0 saturated carbocycles. The number of likely N-dealkylation sites (tertiary alicyclic amines) is 1. The van der Waals surface area contributed by atoms with Gasteiger partial charge in [-0.1, -0.05) is 0 Å². The molecule has 0 unspecified atom stereocenters. The molecule has 2 saturated heterocycles. The first-order chi connectivity index (χ1) is 6.18. The number of hydrogen-bond acceptors (Lipinski definition) is 3. The fourth-order valence-corrected chi connectivity index (χ4v) is 2.32. The summed E-state index contributed by atoms with van der Waals surface area (Å²) in [6, 6.07) is 0. The number of nitrogens with zero attached hydrogens (tertiary/aromatic N) is 1. The first-order valence-electron chi connectivity index (χ1n) is 4.41. The second kappa shape index (κ2) is 2.85. The zero-order chi connectivity index (χ0) is 9.47. The van der Waals surface area contributed by atoms with Gasteiger partial charge < -0.3 is 14.9 Å². The van der Waals surface area contributed by atoms with Gasteiger partial charge in [0.25, 0.3) is 0 Å². The van der Waals surface area contributed by atoms with E-state index in [0.717, 1.165) is 6.42 Å². The molecule has 2 fully saturated rings. The predicted molar refractivity (Wildman–Crippen MR) is 43.5 cm³/mol. The van der Waals surface area contributed by atoms with Crippen molar-refractivity contribution in [2.24, 2.45) is 0 Å². The lowest BCUT2D eigenvalue weighted by Crippen LogP contribution is -2.51. The molecule has 0 aliphatic carbocycles. The summed E-state index contributed by atoms with van der Waals surface area (Å²) >= 11 is 0. The molecule has 2 bridgehead atoms. The molecule has 0 radical (unpaired) electrons. The largest absolute Gasteiger partial charge is 0.465 e. The number of amides is 1. The van der Waals surface area contributed by atoms with Crippen molar-refractivity contribution in [2.75, 3.05) is 19.8 Å². The van der Waals surface area contributed by atoms with Crippen molar-refractivity contribution >= 4 is 6.09 Å². The average Bonchev–Trinajstić information content (AvgIpc) is 2.60. The number of aliphatic hydroxyl groups is 1. The molecule has 0 spiro atoms. The van der Waals surface area contributed by atoms with E-state index >= 15 is 0 Å². The minimum absolute atomic E-state index is 0.0137. The molecule has 2 rings (SSSR count). The number of morpholine rings is 1. The molecule has 2 N–H and O–H groups in total. The Hall–Kier alpha value is -0.810. The van der Waals surface area contributed by atoms with Crippen LogP contribution in [0.1, 0.15) is 12.8 Å². The molecular weight excluding hydrogens is 174 g/mol. The summed E-state index contributed by atoms with van der Waals surface area (Å²) < 4.78 is 5.37. The Bertz CT molecular complexity index is 232. The third-order valence-electron chi connectivity index (χ3n) is 2.96. The summed E-state index contributed by atoms with van der Waals surface area (Å²) in [6.07, 6.45) is 0.359. The Kier molecular flexibility index (Phi) is 1.92. The fraction of sp³-hybridized carbons (Fsp3) is 0.875. The van der Waals surface area contributed by atoms with Crippen LogP contribution < -0.4 is 0 Å². The van der Waals surface area contributed by atoms with Crippen LogP contribution >= 0.6 is 0 Å². The maximum Gasteiger partial charge on any atom is 0.407 e. The van der Waals surface area contributed by atoms with Crippen LogP contribution in [-0.4, -0.2) is 52.6 Å². The molecule has 2 aliphatic heterocycles. The van der Waals surface area contributed by atoms with E-state index in [1.54, 1.807) is 0 Å². The maximum atomic E-state index is 10.9. The van der Waals surface area contributed by atoms with E-state index in [2.05, 4.69) is 0 Å². The molecule has 2 heterocycles. The third kappa shape index (κ3) is 1.19. The quantitative estimate of drug-likeness (QED) is 0.632. The van der Waals surface area contributed by atoms with Gasteiger partial charge >= 0.3 is 6.09 Å². The van der Waals surface area contributed by atoms with Crippen LogP contribution in [0.3, 0.4) is 0 Å². The van der Waals surface area contributed by atoms with E-state index in [0.29, 0.717) is 19.6 Å². The summed E-state index contributed by atoms with van der Waals surface area (Å²) in [5.74, 6) is 0. The van der Waals surface area contributed by atoms with Gasteiger partial charge in [-0.2, -0.15) is 0 Å². The summed E-state index contributed by atoms with van der Waals surface area (Å²) in [6.45, 7) is 0.902. The van der Waals surface area contributed by atoms with Crippen molar-refractivity contribution < 1.29 is 19.7 Å². The van der Waals surface area contributed by atoms with Crippen LogP contribution in [0.4, 0.5) is 4.79 Å². The van der Waals surface area contributed by atoms with Gasteiger partial charge in [0.05, 0.1) is 24.8 Å². The van der Waals surface area contributed by atoms with Crippen molar-refractivity contribution in [2.45, 2.75) is 24.5 Å². The van der Waals surface area contributed by atoms with Gasteiger partial charge in [-0.3, -0.25) is 4.90 Å². The number of carbonyl (C=O) groups is 1. The lowest BCUT2D eigenvalue weighted by atomic mass is 9.95. The number of fused-ring (bicyclic) bond motifs is 2. The predicted octanol–water partition coefficient (Wildman–Crippen LogP) is -0.110. The molecule has 1 amide bonds. The Morgan fingerprint density at radius 3 is 3.00 bits per heavy atom. The van der Waals surface area contributed by atoms with Gasteiger partial charge in [0.2, 0.25) is 0 Å². The maximum absolute atomic E-state index is 10.9. The summed E-state index contributed by atoms with van der Waals surface area (Å²) in [7, 11) is 0. The van der Waals surface area contributed by atoms with Gasteiger partial charge in [0.1, 0.15) is 0 Å². The third-order valence-corrected chi connectivity index (χ3v) is 2.96. The van der Waals surface area contributed by atoms with Crippen molar-refractivity contribution in [3.8, 4) is 0 Å². The second-order valence-corrected chi connectivity index (χ2v) is 3.73. The van der Waals surface area contributed by atoms with Crippen LogP contribution in [0, 0.1) is 0 Å². The first kappa shape index (κ1) is 8.77. The Morgan fingerprint density at radius 1 is 1.69 bits per heavy atom. The molecule has 0 aromatic rings. The van der Waals surface area contributed by atoms with Gasteiger partial charge in [-0.15, -0.1) is 0 Å².